The Balaban J connectivity index is 2.30. The molecule has 0 aliphatic carbocycles. The van der Waals surface area contributed by atoms with E-state index in [4.69, 9.17) is 5.73 Å². The topological polar surface area (TPSA) is 59.2 Å². The SMILES string of the molecule is CCCCN(C)C(=O)c1sc2ncccc2c1N. The molecule has 2 rings (SSSR count). The molecule has 18 heavy (non-hydrogen) atoms. The molecule has 2 aromatic rings. The fraction of sp³-hybridized carbons (Fsp3) is 0.385. The van der Waals surface area contributed by atoms with Crippen LogP contribution in [0.5, 0.6) is 0 Å². The van der Waals surface area contributed by atoms with Gasteiger partial charge in [-0.15, -0.1) is 11.3 Å². The molecule has 0 aliphatic rings. The summed E-state index contributed by atoms with van der Waals surface area (Å²) < 4.78 is 0. The second-order valence-corrected chi connectivity index (χ2v) is 5.28. The molecule has 0 aromatic carbocycles. The van der Waals surface area contributed by atoms with E-state index in [-0.39, 0.29) is 5.91 Å². The molecule has 0 bridgehead atoms. The largest absolute Gasteiger partial charge is 0.397 e. The maximum Gasteiger partial charge on any atom is 0.265 e. The second-order valence-electron chi connectivity index (χ2n) is 4.28. The molecule has 4 nitrogen and oxygen atoms in total. The van der Waals surface area contributed by atoms with Crippen LogP contribution in [0.3, 0.4) is 0 Å². The van der Waals surface area contributed by atoms with Gasteiger partial charge in [0.05, 0.1) is 5.69 Å². The van der Waals surface area contributed by atoms with Gasteiger partial charge >= 0.3 is 0 Å². The van der Waals surface area contributed by atoms with Gasteiger partial charge in [0.2, 0.25) is 0 Å². The van der Waals surface area contributed by atoms with E-state index < -0.39 is 0 Å². The number of carbonyl (C=O) groups excluding carboxylic acids is 1. The Morgan fingerprint density at radius 3 is 3.00 bits per heavy atom. The number of amides is 1. The van der Waals surface area contributed by atoms with Gasteiger partial charge in [-0.2, -0.15) is 0 Å². The van der Waals surface area contributed by atoms with Crippen molar-refractivity contribution in [2.24, 2.45) is 0 Å². The average molecular weight is 263 g/mol. The lowest BCUT2D eigenvalue weighted by atomic mass is 10.2. The zero-order valence-corrected chi connectivity index (χ0v) is 11.5. The minimum atomic E-state index is -0.0102. The van der Waals surface area contributed by atoms with E-state index in [0.29, 0.717) is 10.6 Å². The van der Waals surface area contributed by atoms with Crippen LogP contribution in [-0.2, 0) is 0 Å². The van der Waals surface area contributed by atoms with E-state index >= 15 is 0 Å². The maximum absolute atomic E-state index is 12.3. The predicted octanol–water partition coefficient (Wildman–Crippen LogP) is 2.75. The minimum Gasteiger partial charge on any atom is -0.397 e. The van der Waals surface area contributed by atoms with Crippen molar-refractivity contribution in [3.63, 3.8) is 0 Å². The fourth-order valence-electron chi connectivity index (χ4n) is 1.78. The molecular weight excluding hydrogens is 246 g/mol. The van der Waals surface area contributed by atoms with Crippen LogP contribution < -0.4 is 5.73 Å². The van der Waals surface area contributed by atoms with Crippen LogP contribution in [0.4, 0.5) is 5.69 Å². The molecule has 0 radical (unpaired) electrons. The third-order valence-electron chi connectivity index (χ3n) is 2.89. The highest BCUT2D eigenvalue weighted by Gasteiger charge is 2.19. The molecule has 2 N–H and O–H groups in total. The fourth-order valence-corrected chi connectivity index (χ4v) is 2.84. The zero-order valence-electron chi connectivity index (χ0n) is 10.6. The number of unbranched alkanes of at least 4 members (excludes halogenated alkanes) is 1. The summed E-state index contributed by atoms with van der Waals surface area (Å²) in [4.78, 5) is 19.7. The number of thiophene rings is 1. The molecule has 0 atom stereocenters. The minimum absolute atomic E-state index is 0.0102. The van der Waals surface area contributed by atoms with E-state index in [2.05, 4.69) is 11.9 Å². The Morgan fingerprint density at radius 2 is 2.33 bits per heavy atom. The zero-order chi connectivity index (χ0) is 13.1. The molecule has 5 heteroatoms. The maximum atomic E-state index is 12.3. The molecule has 0 aliphatic heterocycles. The number of nitrogens with two attached hydrogens (primary N) is 1. The van der Waals surface area contributed by atoms with Crippen LogP contribution in [0, 0.1) is 0 Å². The van der Waals surface area contributed by atoms with Crippen LogP contribution in [0.15, 0.2) is 18.3 Å². The highest BCUT2D eigenvalue weighted by atomic mass is 32.1. The van der Waals surface area contributed by atoms with Crippen molar-refractivity contribution in [3.05, 3.63) is 23.2 Å². The number of nitrogen functional groups attached to an aromatic ring is 1. The van der Waals surface area contributed by atoms with Gasteiger partial charge in [-0.25, -0.2) is 4.98 Å². The lowest BCUT2D eigenvalue weighted by molar-refractivity contribution is 0.0799. The average Bonchev–Trinajstić information content (AvgIpc) is 2.73. The number of hydrogen-bond donors (Lipinski definition) is 1. The van der Waals surface area contributed by atoms with Crippen LogP contribution in [0.2, 0.25) is 0 Å². The van der Waals surface area contributed by atoms with Gasteiger partial charge in [0.15, 0.2) is 0 Å². The number of fused-ring (bicyclic) bond motifs is 1. The summed E-state index contributed by atoms with van der Waals surface area (Å²) in [6, 6.07) is 3.73. The number of anilines is 1. The van der Waals surface area contributed by atoms with Crippen molar-refractivity contribution >= 4 is 33.1 Å². The second kappa shape index (κ2) is 5.35. The summed E-state index contributed by atoms with van der Waals surface area (Å²) >= 11 is 1.37. The first kappa shape index (κ1) is 12.8. The van der Waals surface area contributed by atoms with Crippen molar-refractivity contribution in [3.8, 4) is 0 Å². The first-order valence-electron chi connectivity index (χ1n) is 6.03. The van der Waals surface area contributed by atoms with Crippen molar-refractivity contribution in [1.82, 2.24) is 9.88 Å². The molecule has 0 spiro atoms. The van der Waals surface area contributed by atoms with Crippen LogP contribution >= 0.6 is 11.3 Å². The van der Waals surface area contributed by atoms with Crippen LogP contribution in [0.1, 0.15) is 29.4 Å². The summed E-state index contributed by atoms with van der Waals surface area (Å²) in [7, 11) is 1.81. The summed E-state index contributed by atoms with van der Waals surface area (Å²) in [5, 5.41) is 0.870. The number of hydrogen-bond acceptors (Lipinski definition) is 4. The van der Waals surface area contributed by atoms with Crippen molar-refractivity contribution in [2.45, 2.75) is 19.8 Å². The van der Waals surface area contributed by atoms with Crippen molar-refractivity contribution in [2.75, 3.05) is 19.3 Å². The summed E-state index contributed by atoms with van der Waals surface area (Å²) in [6.07, 6.45) is 3.79. The van der Waals surface area contributed by atoms with Gasteiger partial charge < -0.3 is 10.6 Å². The molecule has 2 heterocycles. The molecule has 0 unspecified atom stereocenters. The number of carbonyl (C=O) groups is 1. The summed E-state index contributed by atoms with van der Waals surface area (Å²) in [6.45, 7) is 2.87. The standard InChI is InChI=1S/C13H17N3OS/c1-3-4-8-16(2)13(17)11-10(14)9-6-5-7-15-12(9)18-11/h5-7H,3-4,8,14H2,1-2H3. The van der Waals surface area contributed by atoms with Gasteiger partial charge in [0.25, 0.3) is 5.91 Å². The number of rotatable bonds is 4. The molecule has 2 aromatic heterocycles. The lowest BCUT2D eigenvalue weighted by Crippen LogP contribution is -2.27. The number of nitrogens with zero attached hydrogens (tertiary/aromatic N) is 2. The highest BCUT2D eigenvalue weighted by Crippen LogP contribution is 2.32. The van der Waals surface area contributed by atoms with Crippen LogP contribution in [0.25, 0.3) is 10.2 Å². The van der Waals surface area contributed by atoms with Crippen LogP contribution in [-0.4, -0.2) is 29.4 Å². The number of pyridine rings is 1. The van der Waals surface area contributed by atoms with E-state index in [0.717, 1.165) is 29.6 Å². The Labute approximate surface area is 110 Å². The Kier molecular flexibility index (Phi) is 3.81. The Bertz CT molecular complexity index is 564. The molecule has 0 saturated carbocycles. The van der Waals surface area contributed by atoms with E-state index in [1.807, 2.05) is 19.2 Å². The quantitative estimate of drug-likeness (QED) is 0.922. The number of aromatic nitrogens is 1. The monoisotopic (exact) mass is 263 g/mol. The predicted molar refractivity (Wildman–Crippen MR) is 75.9 cm³/mol. The third-order valence-corrected chi connectivity index (χ3v) is 4.01. The Morgan fingerprint density at radius 1 is 1.56 bits per heavy atom. The van der Waals surface area contributed by atoms with E-state index in [9.17, 15) is 4.79 Å². The first-order chi connectivity index (χ1) is 8.65. The van der Waals surface area contributed by atoms with Crippen molar-refractivity contribution < 1.29 is 4.79 Å². The Hall–Kier alpha value is -1.62. The summed E-state index contributed by atoms with van der Waals surface area (Å²) in [5.74, 6) is -0.0102. The smallest absolute Gasteiger partial charge is 0.265 e. The molecular formula is C13H17N3OS. The van der Waals surface area contributed by atoms with E-state index in [1.165, 1.54) is 11.3 Å². The first-order valence-corrected chi connectivity index (χ1v) is 6.85. The molecule has 1 amide bonds. The normalized spacial score (nSPS) is 10.8. The van der Waals surface area contributed by atoms with Gasteiger partial charge in [-0.1, -0.05) is 13.3 Å². The third kappa shape index (κ3) is 2.31. The highest BCUT2D eigenvalue weighted by molar-refractivity contribution is 7.21. The van der Waals surface area contributed by atoms with Gasteiger partial charge in [0, 0.05) is 25.2 Å². The van der Waals surface area contributed by atoms with Gasteiger partial charge in [-0.3, -0.25) is 4.79 Å². The van der Waals surface area contributed by atoms with E-state index in [1.54, 1.807) is 11.1 Å². The summed E-state index contributed by atoms with van der Waals surface area (Å²) in [5.41, 5.74) is 6.58. The molecule has 96 valence electrons. The molecule has 0 saturated heterocycles. The lowest BCUT2D eigenvalue weighted by Gasteiger charge is -2.15. The van der Waals surface area contributed by atoms with Gasteiger partial charge in [0.1, 0.15) is 9.71 Å². The van der Waals surface area contributed by atoms with Crippen molar-refractivity contribution in [1.29, 1.82) is 0 Å². The van der Waals surface area contributed by atoms with Gasteiger partial charge in [-0.05, 0) is 18.6 Å². The molecule has 0 fully saturated rings.